The predicted molar refractivity (Wildman–Crippen MR) is 89.4 cm³/mol. The van der Waals surface area contributed by atoms with Crippen molar-refractivity contribution in [3.63, 3.8) is 0 Å². The van der Waals surface area contributed by atoms with Gasteiger partial charge in [0, 0.05) is 37.1 Å². The van der Waals surface area contributed by atoms with Crippen molar-refractivity contribution in [2.75, 3.05) is 0 Å². The van der Waals surface area contributed by atoms with Crippen LogP contribution in [0.5, 0.6) is 5.75 Å². The molecule has 1 aromatic carbocycles. The lowest BCUT2D eigenvalue weighted by Gasteiger charge is -2.10. The average molecular weight is 306 g/mol. The molecule has 23 heavy (non-hydrogen) atoms. The molecular formula is C19H18N2O2. The summed E-state index contributed by atoms with van der Waals surface area (Å²) in [6, 6.07) is 17.2. The van der Waals surface area contributed by atoms with Gasteiger partial charge in [-0.15, -0.1) is 0 Å². The zero-order chi connectivity index (χ0) is 15.9. The molecule has 0 amide bonds. The smallest absolute Gasteiger partial charge is 0.223 e. The second-order valence-corrected chi connectivity index (χ2v) is 5.26. The van der Waals surface area contributed by atoms with E-state index in [1.165, 1.54) is 0 Å². The van der Waals surface area contributed by atoms with E-state index in [0.29, 0.717) is 12.4 Å². The first-order chi connectivity index (χ1) is 11.3. The molecule has 2 heterocycles. The summed E-state index contributed by atoms with van der Waals surface area (Å²) in [4.78, 5) is 16.2. The van der Waals surface area contributed by atoms with Crippen molar-refractivity contribution in [3.05, 3.63) is 94.7 Å². The van der Waals surface area contributed by atoms with Crippen molar-refractivity contribution in [3.8, 4) is 5.75 Å². The van der Waals surface area contributed by atoms with Gasteiger partial charge in [0.1, 0.15) is 6.61 Å². The minimum Gasteiger partial charge on any atom is -0.483 e. The van der Waals surface area contributed by atoms with Crippen LogP contribution in [-0.4, -0.2) is 9.55 Å². The fourth-order valence-corrected chi connectivity index (χ4v) is 2.28. The van der Waals surface area contributed by atoms with E-state index in [1.807, 2.05) is 53.1 Å². The normalized spacial score (nSPS) is 10.4. The highest BCUT2D eigenvalue weighted by Crippen LogP contribution is 2.08. The molecule has 0 fully saturated rings. The lowest BCUT2D eigenvalue weighted by atomic mass is 10.2. The molecule has 2 aromatic heterocycles. The fraction of sp³-hybridized carbons (Fsp3) is 0.158. The Kier molecular flexibility index (Phi) is 4.84. The highest BCUT2D eigenvalue weighted by atomic mass is 16.5. The number of benzene rings is 1. The van der Waals surface area contributed by atoms with Crippen molar-refractivity contribution >= 4 is 0 Å². The molecule has 0 unspecified atom stereocenters. The summed E-state index contributed by atoms with van der Waals surface area (Å²) in [5, 5.41) is 0. The summed E-state index contributed by atoms with van der Waals surface area (Å²) < 4.78 is 7.62. The SMILES string of the molecule is O=c1ccn(CCc2ccccn2)cc1OCc1ccccc1. The molecule has 4 heteroatoms. The van der Waals surface area contributed by atoms with Crippen LogP contribution in [-0.2, 0) is 19.6 Å². The second kappa shape index (κ2) is 7.40. The molecule has 0 bridgehead atoms. The maximum absolute atomic E-state index is 11.9. The Labute approximate surface area is 135 Å². The van der Waals surface area contributed by atoms with Gasteiger partial charge in [0.25, 0.3) is 0 Å². The quantitative estimate of drug-likeness (QED) is 0.703. The molecule has 0 atom stereocenters. The van der Waals surface area contributed by atoms with E-state index in [0.717, 1.165) is 24.2 Å². The van der Waals surface area contributed by atoms with Gasteiger partial charge < -0.3 is 9.30 Å². The van der Waals surface area contributed by atoms with Gasteiger partial charge in [-0.2, -0.15) is 0 Å². The van der Waals surface area contributed by atoms with E-state index >= 15 is 0 Å². The molecule has 0 aliphatic rings. The van der Waals surface area contributed by atoms with Gasteiger partial charge in [0.15, 0.2) is 5.75 Å². The molecule has 116 valence electrons. The topological polar surface area (TPSA) is 44.1 Å². The van der Waals surface area contributed by atoms with Crippen molar-refractivity contribution in [1.29, 1.82) is 0 Å². The molecule has 0 N–H and O–H groups in total. The standard InChI is InChI=1S/C19H18N2O2/c22-18-10-13-21(12-9-17-8-4-5-11-20-17)14-19(18)23-15-16-6-2-1-3-7-16/h1-8,10-11,13-14H,9,12,15H2. The lowest BCUT2D eigenvalue weighted by Crippen LogP contribution is -2.12. The number of aromatic nitrogens is 2. The van der Waals surface area contributed by atoms with E-state index in [9.17, 15) is 4.79 Å². The van der Waals surface area contributed by atoms with Gasteiger partial charge in [-0.05, 0) is 17.7 Å². The third-order valence-corrected chi connectivity index (χ3v) is 3.53. The van der Waals surface area contributed by atoms with Crippen LogP contribution in [0.3, 0.4) is 0 Å². The number of aryl methyl sites for hydroxylation is 2. The summed E-state index contributed by atoms with van der Waals surface area (Å²) in [7, 11) is 0. The minimum atomic E-state index is -0.102. The lowest BCUT2D eigenvalue weighted by molar-refractivity contribution is 0.300. The van der Waals surface area contributed by atoms with Crippen molar-refractivity contribution in [2.45, 2.75) is 19.6 Å². The van der Waals surface area contributed by atoms with Crippen LogP contribution < -0.4 is 10.2 Å². The number of pyridine rings is 2. The van der Waals surface area contributed by atoms with Crippen LogP contribution in [0.4, 0.5) is 0 Å². The highest BCUT2D eigenvalue weighted by molar-refractivity contribution is 5.20. The van der Waals surface area contributed by atoms with Crippen molar-refractivity contribution in [1.82, 2.24) is 9.55 Å². The van der Waals surface area contributed by atoms with E-state index in [2.05, 4.69) is 4.98 Å². The van der Waals surface area contributed by atoms with Gasteiger partial charge in [0.05, 0.1) is 6.20 Å². The van der Waals surface area contributed by atoms with Gasteiger partial charge >= 0.3 is 0 Å². The van der Waals surface area contributed by atoms with Crippen molar-refractivity contribution < 1.29 is 4.74 Å². The molecular weight excluding hydrogens is 288 g/mol. The van der Waals surface area contributed by atoms with Crippen LogP contribution in [0.25, 0.3) is 0 Å². The zero-order valence-electron chi connectivity index (χ0n) is 12.8. The van der Waals surface area contributed by atoms with Gasteiger partial charge in [-0.3, -0.25) is 9.78 Å². The third-order valence-electron chi connectivity index (χ3n) is 3.53. The van der Waals surface area contributed by atoms with E-state index in [-0.39, 0.29) is 5.43 Å². The predicted octanol–water partition coefficient (Wildman–Crippen LogP) is 3.07. The van der Waals surface area contributed by atoms with E-state index in [4.69, 9.17) is 4.74 Å². The molecule has 0 aliphatic carbocycles. The first-order valence-electron chi connectivity index (χ1n) is 7.58. The maximum atomic E-state index is 11.9. The molecule has 3 aromatic rings. The summed E-state index contributed by atoms with van der Waals surface area (Å²) in [5.74, 6) is 0.373. The largest absolute Gasteiger partial charge is 0.483 e. The maximum Gasteiger partial charge on any atom is 0.223 e. The number of nitrogens with zero attached hydrogens (tertiary/aromatic N) is 2. The number of hydrogen-bond donors (Lipinski definition) is 0. The van der Waals surface area contributed by atoms with Crippen LogP contribution in [0.15, 0.2) is 78.0 Å². The van der Waals surface area contributed by atoms with Crippen LogP contribution in [0, 0.1) is 0 Å². The summed E-state index contributed by atoms with van der Waals surface area (Å²) in [6.07, 6.45) is 6.13. The summed E-state index contributed by atoms with van der Waals surface area (Å²) >= 11 is 0. The van der Waals surface area contributed by atoms with Gasteiger partial charge in [0.2, 0.25) is 5.43 Å². The Bertz CT molecular complexity index is 798. The Morgan fingerprint density at radius 2 is 1.83 bits per heavy atom. The summed E-state index contributed by atoms with van der Waals surface area (Å²) in [5.41, 5.74) is 1.96. The third kappa shape index (κ3) is 4.30. The number of rotatable bonds is 6. The number of ether oxygens (including phenoxy) is 1. The Morgan fingerprint density at radius 3 is 2.61 bits per heavy atom. The fourth-order valence-electron chi connectivity index (χ4n) is 2.28. The molecule has 0 saturated heterocycles. The average Bonchev–Trinajstić information content (AvgIpc) is 2.62. The second-order valence-electron chi connectivity index (χ2n) is 5.26. The molecule has 0 saturated carbocycles. The first-order valence-corrected chi connectivity index (χ1v) is 7.58. The molecule has 0 spiro atoms. The monoisotopic (exact) mass is 306 g/mol. The zero-order valence-corrected chi connectivity index (χ0v) is 12.8. The highest BCUT2D eigenvalue weighted by Gasteiger charge is 2.03. The summed E-state index contributed by atoms with van der Waals surface area (Å²) in [6.45, 7) is 1.14. The molecule has 0 radical (unpaired) electrons. The molecule has 3 rings (SSSR count). The van der Waals surface area contributed by atoms with Crippen molar-refractivity contribution in [2.24, 2.45) is 0 Å². The van der Waals surface area contributed by atoms with E-state index < -0.39 is 0 Å². The van der Waals surface area contributed by atoms with E-state index in [1.54, 1.807) is 24.7 Å². The first kappa shape index (κ1) is 15.0. The van der Waals surface area contributed by atoms with Crippen LogP contribution >= 0.6 is 0 Å². The Balaban J connectivity index is 1.65. The minimum absolute atomic E-state index is 0.102. The molecule has 4 nitrogen and oxygen atoms in total. The van der Waals surface area contributed by atoms with Crippen LogP contribution in [0.1, 0.15) is 11.3 Å². The number of hydrogen-bond acceptors (Lipinski definition) is 3. The molecule has 0 aliphatic heterocycles. The Morgan fingerprint density at radius 1 is 1.00 bits per heavy atom. The van der Waals surface area contributed by atoms with Gasteiger partial charge in [-0.25, -0.2) is 0 Å². The Hall–Kier alpha value is -2.88. The van der Waals surface area contributed by atoms with Crippen LogP contribution in [0.2, 0.25) is 0 Å². The van der Waals surface area contributed by atoms with Gasteiger partial charge in [-0.1, -0.05) is 36.4 Å².